The van der Waals surface area contributed by atoms with Gasteiger partial charge in [-0.1, -0.05) is 103 Å². The second-order valence-corrected chi connectivity index (χ2v) is 7.20. The zero-order valence-corrected chi connectivity index (χ0v) is 17.4. The average Bonchev–Trinajstić information content (AvgIpc) is 2.87. The highest BCUT2D eigenvalue weighted by Gasteiger charge is 2.27. The quantitative estimate of drug-likeness (QED) is 0.256. The van der Waals surface area contributed by atoms with Crippen LogP contribution in [0.2, 0.25) is 0 Å². The van der Waals surface area contributed by atoms with Crippen LogP contribution < -0.4 is 4.74 Å². The molecule has 0 aromatic heterocycles. The monoisotopic (exact) mass is 422 g/mol. The second kappa shape index (κ2) is 10.2. The summed E-state index contributed by atoms with van der Waals surface area (Å²) in [7, 11) is 0. The minimum absolute atomic E-state index is 0.269. The third-order valence-corrected chi connectivity index (χ3v) is 4.97. The molecule has 0 aliphatic heterocycles. The van der Waals surface area contributed by atoms with E-state index in [1.165, 1.54) is 0 Å². The lowest BCUT2D eigenvalue weighted by Gasteiger charge is -2.18. The molecule has 4 rings (SSSR count). The van der Waals surface area contributed by atoms with Crippen LogP contribution in [0.3, 0.4) is 0 Å². The molecule has 0 aliphatic rings. The fraction of sp³-hybridized carbons (Fsp3) is 0.0714. The summed E-state index contributed by atoms with van der Waals surface area (Å²) in [6.07, 6.45) is -1.06. The molecular weight excluding hydrogens is 400 g/mol. The Morgan fingerprint density at radius 2 is 1.22 bits per heavy atom. The number of carbonyl (C=O) groups is 2. The summed E-state index contributed by atoms with van der Waals surface area (Å²) in [5.41, 5.74) is 2.34. The largest absolute Gasteiger partial charge is 0.488 e. The first-order valence-corrected chi connectivity index (χ1v) is 10.3. The van der Waals surface area contributed by atoms with Gasteiger partial charge < -0.3 is 9.47 Å². The molecule has 4 aromatic rings. The van der Waals surface area contributed by atoms with Gasteiger partial charge in [0.05, 0.1) is 0 Å². The van der Waals surface area contributed by atoms with E-state index < -0.39 is 12.1 Å². The maximum Gasteiger partial charge on any atom is 0.342 e. The molecular formula is C28H22O4. The topological polar surface area (TPSA) is 52.6 Å². The SMILES string of the molecule is O=C(OC(C(=O)c1ccccc1)c1ccccc1)c1ccccc1OCc1ccccc1. The third-order valence-electron chi connectivity index (χ3n) is 4.97. The van der Waals surface area contributed by atoms with E-state index in [2.05, 4.69) is 0 Å². The molecule has 32 heavy (non-hydrogen) atoms. The summed E-state index contributed by atoms with van der Waals surface area (Å²) in [4.78, 5) is 26.3. The molecule has 0 heterocycles. The van der Waals surface area contributed by atoms with Crippen molar-refractivity contribution in [2.75, 3.05) is 0 Å². The van der Waals surface area contributed by atoms with Gasteiger partial charge in [0.1, 0.15) is 17.9 Å². The minimum Gasteiger partial charge on any atom is -0.488 e. The lowest BCUT2D eigenvalue weighted by atomic mass is 9.99. The molecule has 1 unspecified atom stereocenters. The van der Waals surface area contributed by atoms with Gasteiger partial charge in [-0.15, -0.1) is 0 Å². The van der Waals surface area contributed by atoms with Crippen LogP contribution in [0.25, 0.3) is 0 Å². The van der Waals surface area contributed by atoms with Crippen molar-refractivity contribution in [3.05, 3.63) is 138 Å². The van der Waals surface area contributed by atoms with Crippen LogP contribution in [0.15, 0.2) is 115 Å². The molecule has 0 aliphatic carbocycles. The first-order chi connectivity index (χ1) is 15.7. The highest BCUT2D eigenvalue weighted by Crippen LogP contribution is 2.27. The van der Waals surface area contributed by atoms with Gasteiger partial charge in [0.2, 0.25) is 5.78 Å². The Balaban J connectivity index is 1.58. The van der Waals surface area contributed by atoms with E-state index in [1.54, 1.807) is 60.7 Å². The number of ketones is 1. The molecule has 0 N–H and O–H groups in total. The Bertz CT molecular complexity index is 1170. The third kappa shape index (κ3) is 5.10. The summed E-state index contributed by atoms with van der Waals surface area (Å²) in [5.74, 6) is -0.500. The number of Topliss-reactive ketones (excluding diaryl/α,β-unsaturated/α-hetero) is 1. The van der Waals surface area contributed by atoms with Crippen LogP contribution in [-0.4, -0.2) is 11.8 Å². The van der Waals surface area contributed by atoms with Crippen LogP contribution in [0.5, 0.6) is 5.75 Å². The van der Waals surface area contributed by atoms with Gasteiger partial charge in [0, 0.05) is 11.1 Å². The van der Waals surface area contributed by atoms with Crippen LogP contribution in [0.4, 0.5) is 0 Å². The number of carbonyl (C=O) groups excluding carboxylic acids is 2. The van der Waals surface area contributed by atoms with Crippen LogP contribution >= 0.6 is 0 Å². The Morgan fingerprint density at radius 1 is 0.656 bits per heavy atom. The van der Waals surface area contributed by atoms with Crippen molar-refractivity contribution in [3.8, 4) is 5.75 Å². The fourth-order valence-electron chi connectivity index (χ4n) is 3.32. The number of para-hydroxylation sites is 1. The minimum atomic E-state index is -1.06. The number of benzene rings is 4. The second-order valence-electron chi connectivity index (χ2n) is 7.20. The molecule has 158 valence electrons. The van der Waals surface area contributed by atoms with E-state index in [1.807, 2.05) is 54.6 Å². The van der Waals surface area contributed by atoms with E-state index in [-0.39, 0.29) is 11.3 Å². The van der Waals surface area contributed by atoms with Crippen molar-refractivity contribution < 1.29 is 19.1 Å². The van der Waals surface area contributed by atoms with Gasteiger partial charge in [-0.2, -0.15) is 0 Å². The zero-order chi connectivity index (χ0) is 22.2. The molecule has 4 heteroatoms. The molecule has 4 aromatic carbocycles. The van der Waals surface area contributed by atoms with Gasteiger partial charge in [-0.25, -0.2) is 4.79 Å². The number of esters is 1. The summed E-state index contributed by atoms with van der Waals surface area (Å²) in [6, 6.07) is 34.4. The number of hydrogen-bond acceptors (Lipinski definition) is 4. The Morgan fingerprint density at radius 3 is 1.91 bits per heavy atom. The molecule has 0 fully saturated rings. The lowest BCUT2D eigenvalue weighted by Crippen LogP contribution is -2.20. The Kier molecular flexibility index (Phi) is 6.73. The molecule has 4 nitrogen and oxygen atoms in total. The van der Waals surface area contributed by atoms with Crippen molar-refractivity contribution in [2.24, 2.45) is 0 Å². The van der Waals surface area contributed by atoms with Gasteiger partial charge in [-0.3, -0.25) is 4.79 Å². The summed E-state index contributed by atoms with van der Waals surface area (Å²) in [5, 5.41) is 0. The van der Waals surface area contributed by atoms with E-state index in [9.17, 15) is 9.59 Å². The Labute approximate surface area is 187 Å². The van der Waals surface area contributed by atoms with Crippen LogP contribution in [0, 0.1) is 0 Å². The number of rotatable bonds is 8. The van der Waals surface area contributed by atoms with Crippen molar-refractivity contribution in [1.82, 2.24) is 0 Å². The van der Waals surface area contributed by atoms with Crippen molar-refractivity contribution in [1.29, 1.82) is 0 Å². The van der Waals surface area contributed by atoms with Gasteiger partial charge >= 0.3 is 5.97 Å². The predicted molar refractivity (Wildman–Crippen MR) is 123 cm³/mol. The zero-order valence-electron chi connectivity index (χ0n) is 17.4. The van der Waals surface area contributed by atoms with Gasteiger partial charge in [0.15, 0.2) is 6.10 Å². The van der Waals surface area contributed by atoms with E-state index >= 15 is 0 Å². The number of hydrogen-bond donors (Lipinski definition) is 0. The first-order valence-electron chi connectivity index (χ1n) is 10.3. The summed E-state index contributed by atoms with van der Waals surface area (Å²) >= 11 is 0. The smallest absolute Gasteiger partial charge is 0.342 e. The maximum atomic E-state index is 13.2. The predicted octanol–water partition coefficient (Wildman–Crippen LogP) is 6.05. The first kappa shape index (κ1) is 21.1. The van der Waals surface area contributed by atoms with E-state index in [0.29, 0.717) is 23.5 Å². The molecule has 1 atom stereocenters. The fourth-order valence-corrected chi connectivity index (χ4v) is 3.32. The molecule has 0 amide bonds. The van der Waals surface area contributed by atoms with Gasteiger partial charge in [-0.05, 0) is 17.7 Å². The highest BCUT2D eigenvalue weighted by molar-refractivity contribution is 6.02. The van der Waals surface area contributed by atoms with Crippen LogP contribution in [-0.2, 0) is 11.3 Å². The molecule has 0 saturated heterocycles. The normalized spacial score (nSPS) is 11.4. The summed E-state index contributed by atoms with van der Waals surface area (Å²) in [6.45, 7) is 0.316. The maximum absolute atomic E-state index is 13.2. The summed E-state index contributed by atoms with van der Waals surface area (Å²) < 4.78 is 11.7. The number of ether oxygens (including phenoxy) is 2. The molecule has 0 radical (unpaired) electrons. The average molecular weight is 422 g/mol. The highest BCUT2D eigenvalue weighted by atomic mass is 16.5. The van der Waals surface area contributed by atoms with E-state index in [4.69, 9.17) is 9.47 Å². The van der Waals surface area contributed by atoms with Crippen molar-refractivity contribution in [3.63, 3.8) is 0 Å². The van der Waals surface area contributed by atoms with Gasteiger partial charge in [0.25, 0.3) is 0 Å². The van der Waals surface area contributed by atoms with Crippen molar-refractivity contribution in [2.45, 2.75) is 12.7 Å². The van der Waals surface area contributed by atoms with Crippen LogP contribution in [0.1, 0.15) is 37.9 Å². The Hall–Kier alpha value is -4.18. The molecule has 0 saturated carbocycles. The standard InChI is InChI=1S/C28H22O4/c29-26(22-14-6-2-7-15-22)27(23-16-8-3-9-17-23)32-28(30)24-18-10-11-19-25(24)31-20-21-12-4-1-5-13-21/h1-19,27H,20H2. The lowest BCUT2D eigenvalue weighted by molar-refractivity contribution is 0.0276. The molecule has 0 spiro atoms. The van der Waals surface area contributed by atoms with Crippen molar-refractivity contribution >= 4 is 11.8 Å². The van der Waals surface area contributed by atoms with E-state index in [0.717, 1.165) is 5.56 Å². The molecule has 0 bridgehead atoms.